The number of pyridine rings is 1. The second-order valence-electron chi connectivity index (χ2n) is 4.50. The molecular formula is C15H15BrClN3O. The molecule has 0 unspecified atom stereocenters. The van der Waals surface area contributed by atoms with Crippen molar-refractivity contribution in [2.75, 3.05) is 17.2 Å². The number of amides is 1. The number of carbonyl (C=O) groups excluding carboxylic acids is 1. The molecule has 4 nitrogen and oxygen atoms in total. The summed E-state index contributed by atoms with van der Waals surface area (Å²) in [7, 11) is 0. The molecule has 0 spiro atoms. The van der Waals surface area contributed by atoms with Crippen LogP contribution in [0.2, 0.25) is 5.02 Å². The Kier molecular flexibility index (Phi) is 5.59. The first-order valence-corrected chi connectivity index (χ1v) is 7.64. The molecular weight excluding hydrogens is 354 g/mol. The molecule has 0 radical (unpaired) electrons. The van der Waals surface area contributed by atoms with Gasteiger partial charge in [-0.1, -0.05) is 17.7 Å². The van der Waals surface area contributed by atoms with Crippen molar-refractivity contribution in [3.05, 3.63) is 51.6 Å². The van der Waals surface area contributed by atoms with Crippen LogP contribution in [0.25, 0.3) is 0 Å². The zero-order chi connectivity index (χ0) is 15.2. The fraction of sp³-hybridized carbons (Fsp3) is 0.200. The Balaban J connectivity index is 1.82. The average molecular weight is 369 g/mol. The molecule has 2 rings (SSSR count). The van der Waals surface area contributed by atoms with Crippen LogP contribution in [0.3, 0.4) is 0 Å². The Morgan fingerprint density at radius 3 is 2.86 bits per heavy atom. The summed E-state index contributed by atoms with van der Waals surface area (Å²) in [6.07, 6.45) is 2.06. The van der Waals surface area contributed by atoms with E-state index in [-0.39, 0.29) is 5.91 Å². The number of hydrogen-bond acceptors (Lipinski definition) is 3. The van der Waals surface area contributed by atoms with Gasteiger partial charge in [0.25, 0.3) is 0 Å². The van der Waals surface area contributed by atoms with Gasteiger partial charge in [0.1, 0.15) is 5.82 Å². The van der Waals surface area contributed by atoms with E-state index in [1.807, 2.05) is 31.2 Å². The van der Waals surface area contributed by atoms with Crippen LogP contribution in [0.15, 0.2) is 41.0 Å². The van der Waals surface area contributed by atoms with Crippen LogP contribution in [-0.2, 0) is 4.79 Å². The van der Waals surface area contributed by atoms with E-state index in [4.69, 9.17) is 11.6 Å². The molecule has 1 aromatic carbocycles. The van der Waals surface area contributed by atoms with Crippen molar-refractivity contribution in [1.29, 1.82) is 0 Å². The lowest BCUT2D eigenvalue weighted by Gasteiger charge is -2.10. The lowest BCUT2D eigenvalue weighted by Crippen LogP contribution is -2.17. The van der Waals surface area contributed by atoms with Gasteiger partial charge in [0, 0.05) is 34.3 Å². The number of aromatic nitrogens is 1. The van der Waals surface area contributed by atoms with Crippen LogP contribution in [0, 0.1) is 6.92 Å². The minimum absolute atomic E-state index is 0.0648. The van der Waals surface area contributed by atoms with E-state index in [1.54, 1.807) is 12.3 Å². The largest absolute Gasteiger partial charge is 0.370 e. The first kappa shape index (κ1) is 15.8. The van der Waals surface area contributed by atoms with Crippen molar-refractivity contribution >= 4 is 44.9 Å². The Morgan fingerprint density at radius 1 is 1.33 bits per heavy atom. The van der Waals surface area contributed by atoms with Gasteiger partial charge in [-0.3, -0.25) is 4.79 Å². The predicted octanol–water partition coefficient (Wildman–Crippen LogP) is 4.25. The van der Waals surface area contributed by atoms with Crippen molar-refractivity contribution in [2.24, 2.45) is 0 Å². The minimum Gasteiger partial charge on any atom is -0.370 e. The molecule has 0 aliphatic heterocycles. The fourth-order valence-electron chi connectivity index (χ4n) is 1.74. The van der Waals surface area contributed by atoms with Crippen LogP contribution >= 0.6 is 27.5 Å². The summed E-state index contributed by atoms with van der Waals surface area (Å²) in [5.74, 6) is 0.676. The van der Waals surface area contributed by atoms with Crippen LogP contribution in [0.5, 0.6) is 0 Å². The highest BCUT2D eigenvalue weighted by molar-refractivity contribution is 9.10. The monoisotopic (exact) mass is 367 g/mol. The van der Waals surface area contributed by atoms with Gasteiger partial charge in [0.2, 0.25) is 5.91 Å². The molecule has 0 atom stereocenters. The number of benzene rings is 1. The molecule has 0 saturated carbocycles. The molecule has 1 amide bonds. The molecule has 21 heavy (non-hydrogen) atoms. The number of rotatable bonds is 5. The second-order valence-corrected chi connectivity index (χ2v) is 5.82. The van der Waals surface area contributed by atoms with E-state index in [0.29, 0.717) is 18.0 Å². The number of nitrogens with one attached hydrogen (secondary N) is 2. The zero-order valence-corrected chi connectivity index (χ0v) is 13.8. The first-order valence-electron chi connectivity index (χ1n) is 6.46. The molecule has 0 bridgehead atoms. The summed E-state index contributed by atoms with van der Waals surface area (Å²) >= 11 is 9.34. The van der Waals surface area contributed by atoms with Crippen molar-refractivity contribution in [3.8, 4) is 0 Å². The number of halogens is 2. The number of anilines is 2. The van der Waals surface area contributed by atoms with E-state index in [0.717, 1.165) is 21.5 Å². The van der Waals surface area contributed by atoms with Gasteiger partial charge in [0.05, 0.1) is 0 Å². The van der Waals surface area contributed by atoms with Crippen molar-refractivity contribution in [1.82, 2.24) is 4.98 Å². The Labute approximate surface area is 137 Å². The summed E-state index contributed by atoms with van der Waals surface area (Å²) in [6.45, 7) is 2.39. The SMILES string of the molecule is Cc1c(Cl)cccc1NC(=O)CCNc1ccc(Br)cn1. The molecule has 0 saturated heterocycles. The third-order valence-corrected chi connectivity index (χ3v) is 3.81. The van der Waals surface area contributed by atoms with Gasteiger partial charge in [-0.15, -0.1) is 0 Å². The highest BCUT2D eigenvalue weighted by Gasteiger charge is 2.06. The molecule has 0 fully saturated rings. The molecule has 0 aliphatic carbocycles. The normalized spacial score (nSPS) is 10.2. The quantitative estimate of drug-likeness (QED) is 0.829. The average Bonchev–Trinajstić information content (AvgIpc) is 2.46. The number of nitrogens with zero attached hydrogens (tertiary/aromatic N) is 1. The van der Waals surface area contributed by atoms with Gasteiger partial charge < -0.3 is 10.6 Å². The maximum atomic E-state index is 11.9. The van der Waals surface area contributed by atoms with Crippen LogP contribution in [0.1, 0.15) is 12.0 Å². The maximum absolute atomic E-state index is 11.9. The third-order valence-electron chi connectivity index (χ3n) is 2.93. The molecule has 2 aromatic rings. The van der Waals surface area contributed by atoms with Gasteiger partial charge in [-0.2, -0.15) is 0 Å². The van der Waals surface area contributed by atoms with Gasteiger partial charge in [-0.25, -0.2) is 4.98 Å². The summed E-state index contributed by atoms with van der Waals surface area (Å²) in [5, 5.41) is 6.59. The van der Waals surface area contributed by atoms with E-state index < -0.39 is 0 Å². The third kappa shape index (κ3) is 4.72. The molecule has 0 aliphatic rings. The fourth-order valence-corrected chi connectivity index (χ4v) is 2.15. The van der Waals surface area contributed by atoms with Crippen molar-refractivity contribution in [3.63, 3.8) is 0 Å². The Morgan fingerprint density at radius 2 is 2.14 bits per heavy atom. The van der Waals surface area contributed by atoms with Gasteiger partial charge >= 0.3 is 0 Å². The van der Waals surface area contributed by atoms with Crippen molar-refractivity contribution in [2.45, 2.75) is 13.3 Å². The molecule has 1 aromatic heterocycles. The highest BCUT2D eigenvalue weighted by Crippen LogP contribution is 2.22. The lowest BCUT2D eigenvalue weighted by atomic mass is 10.2. The summed E-state index contributed by atoms with van der Waals surface area (Å²) in [4.78, 5) is 16.1. The molecule has 1 heterocycles. The van der Waals surface area contributed by atoms with Gasteiger partial charge in [-0.05, 0) is 52.7 Å². The number of hydrogen-bond donors (Lipinski definition) is 2. The van der Waals surface area contributed by atoms with E-state index >= 15 is 0 Å². The van der Waals surface area contributed by atoms with E-state index in [9.17, 15) is 4.79 Å². The molecule has 2 N–H and O–H groups in total. The smallest absolute Gasteiger partial charge is 0.226 e. The first-order chi connectivity index (χ1) is 10.1. The number of carbonyl (C=O) groups is 1. The topological polar surface area (TPSA) is 54.0 Å². The second kappa shape index (κ2) is 7.43. The van der Waals surface area contributed by atoms with E-state index in [2.05, 4.69) is 31.5 Å². The van der Waals surface area contributed by atoms with E-state index in [1.165, 1.54) is 0 Å². The summed E-state index contributed by atoms with van der Waals surface area (Å²) in [6, 6.07) is 9.19. The highest BCUT2D eigenvalue weighted by atomic mass is 79.9. The minimum atomic E-state index is -0.0648. The van der Waals surface area contributed by atoms with Crippen LogP contribution < -0.4 is 10.6 Å². The summed E-state index contributed by atoms with van der Waals surface area (Å²) in [5.41, 5.74) is 1.62. The van der Waals surface area contributed by atoms with Crippen LogP contribution in [0.4, 0.5) is 11.5 Å². The van der Waals surface area contributed by atoms with Gasteiger partial charge in [0.15, 0.2) is 0 Å². The predicted molar refractivity (Wildman–Crippen MR) is 89.9 cm³/mol. The standard InChI is InChI=1S/C15H15BrClN3O/c1-10-12(17)3-2-4-13(10)20-15(21)7-8-18-14-6-5-11(16)9-19-14/h2-6,9H,7-8H2,1H3,(H,18,19)(H,20,21). The molecule has 110 valence electrons. The summed E-state index contributed by atoms with van der Waals surface area (Å²) < 4.78 is 0.919. The Bertz CT molecular complexity index is 631. The zero-order valence-electron chi connectivity index (χ0n) is 11.5. The lowest BCUT2D eigenvalue weighted by molar-refractivity contribution is -0.115. The van der Waals surface area contributed by atoms with Crippen LogP contribution in [-0.4, -0.2) is 17.4 Å². The molecule has 6 heteroatoms. The Hall–Kier alpha value is -1.59. The maximum Gasteiger partial charge on any atom is 0.226 e. The van der Waals surface area contributed by atoms with Crippen molar-refractivity contribution < 1.29 is 4.79 Å².